The maximum absolute atomic E-state index is 2.71. The van der Waals surface area contributed by atoms with Crippen molar-refractivity contribution in [1.82, 2.24) is 0 Å². The van der Waals surface area contributed by atoms with Gasteiger partial charge in [0.05, 0.1) is 0 Å². The third-order valence-electron chi connectivity index (χ3n) is 16.5. The third-order valence-corrected chi connectivity index (χ3v) is 31.4. The highest BCUT2D eigenvalue weighted by Gasteiger charge is 2.48. The fourth-order valence-electron chi connectivity index (χ4n) is 12.7. The molecule has 0 unspecified atom stereocenters. The SMILES string of the molecule is CC(C)(C)c1cccc(C(C)(C)C)c1C1=P(Cc2cccc(CP3=C(c4c(C(C)(C)C)cccc4C(C)(C)C)P(C(C)(C)C)C=3c3c(C(C)(C)C)cccc3C(C)(C)C)c2)=C(c2c(C(C)(C)C)cccc2C(C)(C)C)P1C(C)(C)C. The largest absolute Gasteiger partial charge is 0.103 e. The highest BCUT2D eigenvalue weighted by Crippen LogP contribution is 2.71. The molecule has 0 bridgehead atoms. The van der Waals surface area contributed by atoms with E-state index in [1.807, 2.05) is 0 Å². The molecule has 4 heteroatoms. The van der Waals surface area contributed by atoms with Gasteiger partial charge in [0.15, 0.2) is 0 Å². The van der Waals surface area contributed by atoms with E-state index in [4.69, 9.17) is 0 Å². The van der Waals surface area contributed by atoms with Gasteiger partial charge in [0.25, 0.3) is 0 Å². The summed E-state index contributed by atoms with van der Waals surface area (Å²) >= 11 is 0. The minimum atomic E-state index is -0.755. The quantitative estimate of drug-likeness (QED) is 0.136. The topological polar surface area (TPSA) is 0 Å². The zero-order chi connectivity index (χ0) is 60.4. The lowest BCUT2D eigenvalue weighted by molar-refractivity contribution is 0.566. The van der Waals surface area contributed by atoms with E-state index >= 15 is 0 Å². The van der Waals surface area contributed by atoms with E-state index in [9.17, 15) is 0 Å². The van der Waals surface area contributed by atoms with E-state index < -0.39 is 30.2 Å². The van der Waals surface area contributed by atoms with E-state index in [-0.39, 0.29) is 53.6 Å². The second kappa shape index (κ2) is 21.5. The molecule has 2 aliphatic heterocycles. The van der Waals surface area contributed by atoms with Gasteiger partial charge in [0.2, 0.25) is 0 Å². The summed E-state index contributed by atoms with van der Waals surface area (Å²) in [6.45, 7) is 74.4. The van der Waals surface area contributed by atoms with Crippen LogP contribution in [0.3, 0.4) is 0 Å². The van der Waals surface area contributed by atoms with Crippen LogP contribution in [0, 0.1) is 0 Å². The second-order valence-electron chi connectivity index (χ2n) is 34.2. The molecule has 2 aliphatic rings. The summed E-state index contributed by atoms with van der Waals surface area (Å²) in [7, 11) is -2.90. The fraction of sp³-hybridized carbons (Fsp3) is 0.553. The van der Waals surface area contributed by atoms with Crippen molar-refractivity contribution in [2.75, 3.05) is 0 Å². The highest BCUT2D eigenvalue weighted by atomic mass is 31.2. The van der Waals surface area contributed by atoms with Crippen LogP contribution in [0.25, 0.3) is 0 Å². The molecular formula is C76H110P4. The smallest absolute Gasteiger partial charge is 0.0123 e. The molecule has 0 amide bonds. The molecule has 0 saturated heterocycles. The third kappa shape index (κ3) is 12.8. The van der Waals surface area contributed by atoms with E-state index in [1.54, 1.807) is 42.4 Å². The van der Waals surface area contributed by atoms with Crippen LogP contribution in [0.1, 0.15) is 286 Å². The monoisotopic (exact) mass is 1150 g/mol. The standard InChI is InChI=1S/C76H110P4/c1-67(2,3)51-38-32-39-52(68(4,5)6)59(51)63-77(64(79(63)75(25,26)27)60-53(69(7,8)9)40-33-41-54(60)70(10,11)12)47-49-36-31-37-50(46-49)48-78-65(61-55(71(13,14)15)42-34-43-56(61)72(16,17)18)80(76(28,29)30)66(78)62-57(73(19,20)21)44-35-45-58(62)74(22,23)24/h31-46H,47-48H2,1-30H3. The summed E-state index contributed by atoms with van der Waals surface area (Å²) < 4.78 is 0. The van der Waals surface area contributed by atoms with Crippen molar-refractivity contribution in [3.05, 3.63) is 175 Å². The Hall–Kier alpha value is -2.96. The summed E-state index contributed by atoms with van der Waals surface area (Å²) in [5.41, 5.74) is 21.3. The molecule has 2 heterocycles. The Bertz CT molecular complexity index is 2850. The molecule has 0 atom stereocenters. The van der Waals surface area contributed by atoms with Gasteiger partial charge in [-0.1, -0.05) is 305 Å². The summed E-state index contributed by atoms with van der Waals surface area (Å²) in [6, 6.07) is 39.6. The van der Waals surface area contributed by atoms with Crippen molar-refractivity contribution in [3.63, 3.8) is 0 Å². The maximum Gasteiger partial charge on any atom is 0.0123 e. The number of hydrogen-bond donors (Lipinski definition) is 0. The van der Waals surface area contributed by atoms with Gasteiger partial charge < -0.3 is 0 Å². The number of benzene rings is 5. The minimum Gasteiger partial charge on any atom is -0.103 e. The minimum absolute atomic E-state index is 0.0181. The van der Waals surface area contributed by atoms with Crippen LogP contribution in [0.2, 0.25) is 0 Å². The molecule has 0 spiro atoms. The first-order chi connectivity index (χ1) is 36.1. The van der Waals surface area contributed by atoms with E-state index in [0.717, 1.165) is 12.3 Å². The average Bonchev–Trinajstić information content (AvgIpc) is 3.25. The van der Waals surface area contributed by atoms with Gasteiger partial charge in [-0.25, -0.2) is 0 Å². The van der Waals surface area contributed by atoms with Gasteiger partial charge in [-0.05, 0) is 147 Å². The predicted molar refractivity (Wildman–Crippen MR) is 373 cm³/mol. The first-order valence-corrected chi connectivity index (χ1v) is 36.1. The molecule has 5 aromatic carbocycles. The molecular weight excluding hydrogens is 1040 g/mol. The van der Waals surface area contributed by atoms with Gasteiger partial charge in [0, 0.05) is 32.5 Å². The highest BCUT2D eigenvalue weighted by molar-refractivity contribution is 8.16. The molecule has 0 nitrogen and oxygen atoms in total. The molecule has 434 valence electrons. The Morgan fingerprint density at radius 1 is 0.237 bits per heavy atom. The Kier molecular flexibility index (Phi) is 17.4. The van der Waals surface area contributed by atoms with Gasteiger partial charge in [-0.15, -0.1) is 14.3 Å². The molecule has 80 heavy (non-hydrogen) atoms. The molecule has 0 aromatic heterocycles. The molecule has 0 radical (unpaired) electrons. The van der Waals surface area contributed by atoms with Crippen LogP contribution < -0.4 is 0 Å². The van der Waals surface area contributed by atoms with Crippen LogP contribution in [0.15, 0.2) is 97.1 Å². The maximum atomic E-state index is 2.71. The van der Waals surface area contributed by atoms with Crippen molar-refractivity contribution in [3.8, 4) is 0 Å². The molecule has 0 saturated carbocycles. The van der Waals surface area contributed by atoms with Crippen LogP contribution in [0.5, 0.6) is 0 Å². The predicted octanol–water partition coefficient (Wildman–Crippen LogP) is 23.3. The zero-order valence-corrected chi connectivity index (χ0v) is 60.0. The number of rotatable bonds is 8. The molecule has 7 rings (SSSR count). The normalized spacial score (nSPS) is 18.5. The van der Waals surface area contributed by atoms with E-state index in [0.29, 0.717) is 0 Å². The molecule has 5 aromatic rings. The van der Waals surface area contributed by atoms with Crippen LogP contribution in [-0.2, 0) is 55.6 Å². The summed E-state index contributed by atoms with van der Waals surface area (Å²) in [5, 5.41) is 7.26. The molecule has 0 fully saturated rings. The average molecular weight is 1150 g/mol. The van der Waals surface area contributed by atoms with Gasteiger partial charge >= 0.3 is 0 Å². The van der Waals surface area contributed by atoms with Crippen molar-refractivity contribution < 1.29 is 0 Å². The van der Waals surface area contributed by atoms with Crippen LogP contribution >= 0.6 is 30.2 Å². The van der Waals surface area contributed by atoms with E-state index in [2.05, 4.69) is 305 Å². The first-order valence-electron chi connectivity index (χ1n) is 30.4. The van der Waals surface area contributed by atoms with E-state index in [1.165, 1.54) is 55.6 Å². The summed E-state index contributed by atoms with van der Waals surface area (Å²) in [5.74, 6) is 0. The van der Waals surface area contributed by atoms with Crippen LogP contribution in [-0.4, -0.2) is 30.5 Å². The van der Waals surface area contributed by atoms with Crippen LogP contribution in [0.4, 0.5) is 0 Å². The number of hydrogen-bond acceptors (Lipinski definition) is 0. The van der Waals surface area contributed by atoms with Crippen molar-refractivity contribution in [1.29, 1.82) is 0 Å². The Morgan fingerprint density at radius 3 is 0.550 bits per heavy atom. The lowest BCUT2D eigenvalue weighted by Gasteiger charge is -2.47. The molecule has 0 N–H and O–H groups in total. The lowest BCUT2D eigenvalue weighted by Crippen LogP contribution is -2.34. The van der Waals surface area contributed by atoms with Crippen molar-refractivity contribution in [2.45, 2.75) is 274 Å². The Labute approximate surface area is 495 Å². The molecule has 0 aliphatic carbocycles. The lowest BCUT2D eigenvalue weighted by atomic mass is 9.76. The fourth-order valence-corrected chi connectivity index (χ4v) is 31.0. The summed E-state index contributed by atoms with van der Waals surface area (Å²) in [6.07, 6.45) is 2.10. The second-order valence-corrected chi connectivity index (χ2v) is 45.6. The van der Waals surface area contributed by atoms with Gasteiger partial charge in [0.1, 0.15) is 0 Å². The van der Waals surface area contributed by atoms with Crippen molar-refractivity contribution >= 4 is 50.3 Å². The Balaban J connectivity index is 1.66. The first kappa shape index (κ1) is 64.6. The van der Waals surface area contributed by atoms with Gasteiger partial charge in [-0.2, -0.15) is 0 Å². The summed E-state index contributed by atoms with van der Waals surface area (Å²) in [4.78, 5) is 0. The van der Waals surface area contributed by atoms with Crippen molar-refractivity contribution in [2.24, 2.45) is 0 Å². The van der Waals surface area contributed by atoms with Gasteiger partial charge in [-0.3, -0.25) is 0 Å². The Morgan fingerprint density at radius 2 is 0.400 bits per heavy atom. The zero-order valence-electron chi connectivity index (χ0n) is 56.4.